The quantitative estimate of drug-likeness (QED) is 0.792. The van der Waals surface area contributed by atoms with E-state index in [1.165, 1.54) is 6.42 Å². The summed E-state index contributed by atoms with van der Waals surface area (Å²) in [6, 6.07) is 2.89. The molecule has 1 aromatic heterocycles. The summed E-state index contributed by atoms with van der Waals surface area (Å²) in [6.07, 6.45) is 5.84. The summed E-state index contributed by atoms with van der Waals surface area (Å²) >= 11 is 0. The van der Waals surface area contributed by atoms with Crippen LogP contribution in [0.25, 0.3) is 0 Å². The minimum absolute atomic E-state index is 0.233. The van der Waals surface area contributed by atoms with Crippen LogP contribution >= 0.6 is 0 Å². The van der Waals surface area contributed by atoms with Crippen molar-refractivity contribution < 1.29 is 14.4 Å². The van der Waals surface area contributed by atoms with Crippen molar-refractivity contribution in [1.29, 1.82) is 0 Å². The molecule has 3 heterocycles. The second-order valence-corrected chi connectivity index (χ2v) is 7.26. The van der Waals surface area contributed by atoms with Gasteiger partial charge in [-0.2, -0.15) is 0 Å². The lowest BCUT2D eigenvalue weighted by molar-refractivity contribution is -0.134. The third kappa shape index (κ3) is 6.05. The van der Waals surface area contributed by atoms with Crippen LogP contribution in [0, 0.1) is 5.92 Å². The van der Waals surface area contributed by atoms with Crippen molar-refractivity contribution in [3.63, 3.8) is 0 Å². The first kappa shape index (κ1) is 20.9. The molecule has 1 atom stereocenters. The van der Waals surface area contributed by atoms with Crippen molar-refractivity contribution in [2.45, 2.75) is 58.9 Å². The Hall–Kier alpha value is -2.44. The number of amides is 3. The number of carbonyl (C=O) groups excluding carboxylic acids is 3. The highest BCUT2D eigenvalue weighted by atomic mass is 16.2. The number of rotatable bonds is 3. The number of hydrogen-bond donors (Lipinski definition) is 2. The molecule has 2 N–H and O–H groups in total. The van der Waals surface area contributed by atoms with E-state index in [9.17, 15) is 14.4 Å². The van der Waals surface area contributed by atoms with Crippen LogP contribution in [-0.4, -0.2) is 41.8 Å². The maximum atomic E-state index is 12.2. The average molecular weight is 374 g/mol. The number of pyridine rings is 1. The van der Waals surface area contributed by atoms with Gasteiger partial charge in [-0.1, -0.05) is 27.2 Å². The van der Waals surface area contributed by atoms with Crippen molar-refractivity contribution in [2.24, 2.45) is 5.92 Å². The van der Waals surface area contributed by atoms with E-state index in [2.05, 4.69) is 41.3 Å². The Morgan fingerprint density at radius 3 is 2.44 bits per heavy atom. The molecule has 0 aromatic carbocycles. The molecule has 7 heteroatoms. The molecule has 2 saturated heterocycles. The first-order valence-corrected chi connectivity index (χ1v) is 9.80. The van der Waals surface area contributed by atoms with E-state index in [4.69, 9.17) is 0 Å². The number of imide groups is 1. The predicted molar refractivity (Wildman–Crippen MR) is 104 cm³/mol. The summed E-state index contributed by atoms with van der Waals surface area (Å²) in [4.78, 5) is 41.5. The second kappa shape index (κ2) is 10.0. The number of aromatic nitrogens is 1. The molecule has 1 aromatic rings. The minimum atomic E-state index is -0.680. The van der Waals surface area contributed by atoms with Crippen molar-refractivity contribution in [2.75, 3.05) is 18.0 Å². The molecule has 3 rings (SSSR count). The fourth-order valence-corrected chi connectivity index (χ4v) is 3.04. The third-order valence-corrected chi connectivity index (χ3v) is 4.67. The van der Waals surface area contributed by atoms with Crippen LogP contribution in [0.5, 0.6) is 0 Å². The predicted octanol–water partition coefficient (Wildman–Crippen LogP) is 2.27. The molecule has 0 saturated carbocycles. The number of nitrogens with zero attached hydrogens (tertiary/aromatic N) is 2. The van der Waals surface area contributed by atoms with Crippen LogP contribution < -0.4 is 15.5 Å². The Bertz CT molecular complexity index is 652. The lowest BCUT2D eigenvalue weighted by Crippen LogP contribution is -2.52. The molecule has 0 aliphatic carbocycles. The van der Waals surface area contributed by atoms with E-state index in [0.29, 0.717) is 6.42 Å². The summed E-state index contributed by atoms with van der Waals surface area (Å²) in [6.45, 7) is 8.52. The molecule has 0 spiro atoms. The smallest absolute Gasteiger partial charge is 0.270 e. The number of hydrogen-bond acceptors (Lipinski definition) is 5. The molecule has 27 heavy (non-hydrogen) atoms. The standard InChI is InChI=1S/C17H22N4O3.C3H8/c1-11-6-8-21(9-7-11)12-2-3-13(18-10-12)16(23)19-14-4-5-15(22)20-17(14)24;1-3-2/h2-3,10-11,14H,4-9H2,1H3,(H,19,23)(H,20,22,24);3H2,1-2H3. The molecule has 1 unspecified atom stereocenters. The summed E-state index contributed by atoms with van der Waals surface area (Å²) in [5, 5.41) is 4.85. The van der Waals surface area contributed by atoms with Gasteiger partial charge in [-0.3, -0.25) is 19.7 Å². The number of carbonyl (C=O) groups is 3. The fourth-order valence-electron chi connectivity index (χ4n) is 3.04. The third-order valence-electron chi connectivity index (χ3n) is 4.67. The van der Waals surface area contributed by atoms with Gasteiger partial charge in [-0.15, -0.1) is 0 Å². The Balaban J connectivity index is 0.000000817. The van der Waals surface area contributed by atoms with Crippen molar-refractivity contribution >= 4 is 23.4 Å². The Morgan fingerprint density at radius 1 is 1.22 bits per heavy atom. The van der Waals surface area contributed by atoms with Crippen molar-refractivity contribution in [1.82, 2.24) is 15.6 Å². The lowest BCUT2D eigenvalue weighted by Gasteiger charge is -2.31. The van der Waals surface area contributed by atoms with Gasteiger partial charge < -0.3 is 10.2 Å². The maximum Gasteiger partial charge on any atom is 0.270 e. The molecule has 2 aliphatic heterocycles. The average Bonchev–Trinajstić information content (AvgIpc) is 2.65. The van der Waals surface area contributed by atoms with E-state index in [0.717, 1.165) is 37.5 Å². The van der Waals surface area contributed by atoms with Crippen LogP contribution in [0.4, 0.5) is 5.69 Å². The van der Waals surface area contributed by atoms with E-state index < -0.39 is 17.9 Å². The molecule has 7 nitrogen and oxygen atoms in total. The van der Waals surface area contributed by atoms with Crippen LogP contribution in [0.3, 0.4) is 0 Å². The zero-order valence-corrected chi connectivity index (χ0v) is 16.5. The minimum Gasteiger partial charge on any atom is -0.370 e. The Labute approximate surface area is 160 Å². The maximum absolute atomic E-state index is 12.2. The molecule has 2 fully saturated rings. The van der Waals surface area contributed by atoms with E-state index >= 15 is 0 Å². The van der Waals surface area contributed by atoms with Gasteiger partial charge in [0.1, 0.15) is 11.7 Å². The zero-order chi connectivity index (χ0) is 19.8. The van der Waals surface area contributed by atoms with E-state index in [-0.39, 0.29) is 18.0 Å². The molecule has 148 valence electrons. The number of piperidine rings is 2. The summed E-state index contributed by atoms with van der Waals surface area (Å²) in [7, 11) is 0. The van der Waals surface area contributed by atoms with Crippen LogP contribution in [-0.2, 0) is 9.59 Å². The van der Waals surface area contributed by atoms with Gasteiger partial charge in [-0.05, 0) is 37.3 Å². The first-order chi connectivity index (χ1) is 12.9. The monoisotopic (exact) mass is 374 g/mol. The van der Waals surface area contributed by atoms with Crippen LogP contribution in [0.15, 0.2) is 18.3 Å². The first-order valence-electron chi connectivity index (χ1n) is 9.80. The van der Waals surface area contributed by atoms with E-state index in [1.54, 1.807) is 12.3 Å². The van der Waals surface area contributed by atoms with Gasteiger partial charge in [0, 0.05) is 19.5 Å². The summed E-state index contributed by atoms with van der Waals surface area (Å²) in [5.41, 5.74) is 1.29. The highest BCUT2D eigenvalue weighted by Gasteiger charge is 2.28. The van der Waals surface area contributed by atoms with Crippen LogP contribution in [0.1, 0.15) is 63.4 Å². The molecular weight excluding hydrogens is 344 g/mol. The largest absolute Gasteiger partial charge is 0.370 e. The van der Waals surface area contributed by atoms with Gasteiger partial charge in [0.25, 0.3) is 5.91 Å². The van der Waals surface area contributed by atoms with Gasteiger partial charge in [0.2, 0.25) is 11.8 Å². The molecule has 0 bridgehead atoms. The summed E-state index contributed by atoms with van der Waals surface area (Å²) in [5.74, 6) is -0.404. The Kier molecular flexibility index (Phi) is 7.76. The van der Waals surface area contributed by atoms with Gasteiger partial charge in [-0.25, -0.2) is 4.98 Å². The molecular formula is C20H30N4O3. The highest BCUT2D eigenvalue weighted by Crippen LogP contribution is 2.22. The fraction of sp³-hybridized carbons (Fsp3) is 0.600. The summed E-state index contributed by atoms with van der Waals surface area (Å²) < 4.78 is 0. The molecule has 2 aliphatic rings. The van der Waals surface area contributed by atoms with E-state index in [1.807, 2.05) is 6.07 Å². The van der Waals surface area contributed by atoms with Crippen LogP contribution in [0.2, 0.25) is 0 Å². The lowest BCUT2D eigenvalue weighted by atomic mass is 9.99. The number of anilines is 1. The molecule has 0 radical (unpaired) electrons. The second-order valence-electron chi connectivity index (χ2n) is 7.26. The van der Waals surface area contributed by atoms with Gasteiger partial charge in [0.15, 0.2) is 0 Å². The van der Waals surface area contributed by atoms with Crippen molar-refractivity contribution in [3.8, 4) is 0 Å². The normalized spacial score (nSPS) is 20.4. The van der Waals surface area contributed by atoms with Crippen molar-refractivity contribution in [3.05, 3.63) is 24.0 Å². The zero-order valence-electron chi connectivity index (χ0n) is 16.5. The Morgan fingerprint density at radius 2 is 1.89 bits per heavy atom. The topological polar surface area (TPSA) is 91.4 Å². The van der Waals surface area contributed by atoms with Gasteiger partial charge >= 0.3 is 0 Å². The SMILES string of the molecule is CC1CCN(c2ccc(C(=O)NC3CCC(=O)NC3=O)nc2)CC1.CCC. The van der Waals surface area contributed by atoms with Gasteiger partial charge in [0.05, 0.1) is 11.9 Å². The number of nitrogens with one attached hydrogen (secondary N) is 2. The molecule has 3 amide bonds. The highest BCUT2D eigenvalue weighted by molar-refractivity contribution is 6.03.